The Kier molecular flexibility index (Phi) is 6.12. The van der Waals surface area contributed by atoms with Crippen LogP contribution < -0.4 is 0 Å². The monoisotopic (exact) mass is 360 g/mol. The number of ether oxygens (including phenoxy) is 1. The molecule has 6 heteroatoms. The number of aliphatic hydroxyl groups excluding tert-OH is 1. The minimum atomic E-state index is -3.30. The fourth-order valence-electron chi connectivity index (χ4n) is 2.42. The summed E-state index contributed by atoms with van der Waals surface area (Å²) < 4.78 is 28.4. The van der Waals surface area contributed by atoms with Crippen molar-refractivity contribution in [3.63, 3.8) is 0 Å². The van der Waals surface area contributed by atoms with Crippen molar-refractivity contribution < 1.29 is 23.1 Å². The van der Waals surface area contributed by atoms with Crippen molar-refractivity contribution in [3.05, 3.63) is 65.7 Å². The topological polar surface area (TPSA) is 80.7 Å². The lowest BCUT2D eigenvalue weighted by molar-refractivity contribution is -0.139. The zero-order chi connectivity index (χ0) is 18.4. The fourth-order valence-corrected chi connectivity index (χ4v) is 3.05. The minimum absolute atomic E-state index is 0.0155. The number of benzene rings is 2. The molecular formula is C19H20O5S. The maximum atomic E-state index is 11.6. The van der Waals surface area contributed by atoms with Crippen molar-refractivity contribution in [1.29, 1.82) is 0 Å². The second kappa shape index (κ2) is 8.09. The molecule has 0 spiro atoms. The van der Waals surface area contributed by atoms with E-state index in [1.807, 2.05) is 30.3 Å². The number of rotatable bonds is 6. The molecule has 2 rings (SSSR count). The van der Waals surface area contributed by atoms with E-state index in [-0.39, 0.29) is 18.1 Å². The molecule has 1 N–H and O–H groups in total. The third kappa shape index (κ3) is 5.01. The van der Waals surface area contributed by atoms with Crippen LogP contribution in [0.15, 0.2) is 59.5 Å². The van der Waals surface area contributed by atoms with Crippen molar-refractivity contribution in [3.8, 4) is 0 Å². The molecule has 132 valence electrons. The van der Waals surface area contributed by atoms with Crippen LogP contribution in [0, 0.1) is 0 Å². The Morgan fingerprint density at radius 2 is 1.52 bits per heavy atom. The average molecular weight is 360 g/mol. The van der Waals surface area contributed by atoms with E-state index in [0.29, 0.717) is 16.7 Å². The normalized spacial score (nSPS) is 12.4. The van der Waals surface area contributed by atoms with Gasteiger partial charge in [0.15, 0.2) is 9.84 Å². The minimum Gasteiger partial charge on any atom is -0.461 e. The van der Waals surface area contributed by atoms with Crippen molar-refractivity contribution >= 4 is 27.0 Å². The molecule has 0 bridgehead atoms. The maximum Gasteiger partial charge on any atom is 0.302 e. The molecular weight excluding hydrogens is 340 g/mol. The van der Waals surface area contributed by atoms with Crippen LogP contribution in [0.3, 0.4) is 0 Å². The maximum absolute atomic E-state index is 11.6. The SMILES string of the molecule is CC(=O)OC/C(=C(/CO)c1ccccc1)c1ccc(S(C)(=O)=O)cc1. The highest BCUT2D eigenvalue weighted by Gasteiger charge is 2.14. The van der Waals surface area contributed by atoms with Gasteiger partial charge in [-0.25, -0.2) is 8.42 Å². The van der Waals surface area contributed by atoms with Gasteiger partial charge in [0.25, 0.3) is 0 Å². The first-order valence-corrected chi connectivity index (χ1v) is 9.54. The largest absolute Gasteiger partial charge is 0.461 e. The van der Waals surface area contributed by atoms with Gasteiger partial charge in [0.1, 0.15) is 6.61 Å². The molecule has 25 heavy (non-hydrogen) atoms. The van der Waals surface area contributed by atoms with E-state index in [0.717, 1.165) is 11.8 Å². The van der Waals surface area contributed by atoms with E-state index in [9.17, 15) is 18.3 Å². The van der Waals surface area contributed by atoms with Crippen LogP contribution in [-0.2, 0) is 19.4 Å². The van der Waals surface area contributed by atoms with E-state index in [4.69, 9.17) is 4.74 Å². The summed E-state index contributed by atoms with van der Waals surface area (Å²) in [6.07, 6.45) is 1.14. The number of aliphatic hydroxyl groups is 1. The molecule has 0 aliphatic rings. The molecule has 0 unspecified atom stereocenters. The first kappa shape index (κ1) is 18.9. The lowest BCUT2D eigenvalue weighted by atomic mass is 9.95. The summed E-state index contributed by atoms with van der Waals surface area (Å²) in [4.78, 5) is 11.4. The van der Waals surface area contributed by atoms with Crippen molar-refractivity contribution in [2.24, 2.45) is 0 Å². The molecule has 0 atom stereocenters. The zero-order valence-corrected chi connectivity index (χ0v) is 14.9. The summed E-state index contributed by atoms with van der Waals surface area (Å²) in [7, 11) is -3.30. The molecule has 5 nitrogen and oxygen atoms in total. The predicted octanol–water partition coefficient (Wildman–Crippen LogP) is 2.56. The molecule has 0 amide bonds. The van der Waals surface area contributed by atoms with Gasteiger partial charge in [0.2, 0.25) is 0 Å². The van der Waals surface area contributed by atoms with Gasteiger partial charge in [-0.1, -0.05) is 42.5 Å². The Labute approximate surface area is 147 Å². The van der Waals surface area contributed by atoms with Crippen LogP contribution >= 0.6 is 0 Å². The van der Waals surface area contributed by atoms with Crippen molar-refractivity contribution in [1.82, 2.24) is 0 Å². The second-order valence-corrected chi connectivity index (χ2v) is 7.57. The fraction of sp³-hybridized carbons (Fsp3) is 0.211. The lowest BCUT2D eigenvalue weighted by Crippen LogP contribution is -2.07. The molecule has 0 saturated heterocycles. The number of hydrogen-bond acceptors (Lipinski definition) is 5. The molecule has 0 heterocycles. The van der Waals surface area contributed by atoms with E-state index < -0.39 is 15.8 Å². The Morgan fingerprint density at radius 1 is 0.960 bits per heavy atom. The zero-order valence-electron chi connectivity index (χ0n) is 14.1. The third-order valence-corrected chi connectivity index (χ3v) is 4.82. The number of carbonyl (C=O) groups excluding carboxylic acids is 1. The summed E-state index contributed by atoms with van der Waals surface area (Å²) in [5.74, 6) is -0.435. The van der Waals surface area contributed by atoms with Gasteiger partial charge in [0, 0.05) is 18.8 Å². The van der Waals surface area contributed by atoms with Gasteiger partial charge in [-0.3, -0.25) is 4.79 Å². The third-order valence-electron chi connectivity index (χ3n) is 3.70. The Bertz CT molecular complexity index is 866. The quantitative estimate of drug-likeness (QED) is 0.632. The number of carbonyl (C=O) groups is 1. The van der Waals surface area contributed by atoms with Crippen molar-refractivity contribution in [2.75, 3.05) is 19.5 Å². The van der Waals surface area contributed by atoms with Crippen LogP contribution in [-0.4, -0.2) is 39.0 Å². The molecule has 2 aromatic carbocycles. The van der Waals surface area contributed by atoms with Crippen LogP contribution in [0.5, 0.6) is 0 Å². The van der Waals surface area contributed by atoms with Crippen molar-refractivity contribution in [2.45, 2.75) is 11.8 Å². The first-order valence-electron chi connectivity index (χ1n) is 7.65. The van der Waals surface area contributed by atoms with Gasteiger partial charge in [0.05, 0.1) is 11.5 Å². The van der Waals surface area contributed by atoms with Crippen LogP contribution in [0.25, 0.3) is 11.1 Å². The average Bonchev–Trinajstić information content (AvgIpc) is 2.58. The van der Waals surface area contributed by atoms with Crippen LogP contribution in [0.1, 0.15) is 18.1 Å². The van der Waals surface area contributed by atoms with E-state index >= 15 is 0 Å². The highest BCUT2D eigenvalue weighted by Crippen LogP contribution is 2.27. The van der Waals surface area contributed by atoms with E-state index in [1.54, 1.807) is 12.1 Å². The number of hydrogen-bond donors (Lipinski definition) is 1. The summed E-state index contributed by atoms with van der Waals surface area (Å²) in [5.41, 5.74) is 2.74. The lowest BCUT2D eigenvalue weighted by Gasteiger charge is -2.15. The van der Waals surface area contributed by atoms with Gasteiger partial charge < -0.3 is 9.84 Å². The summed E-state index contributed by atoms with van der Waals surface area (Å²) in [6, 6.07) is 15.6. The summed E-state index contributed by atoms with van der Waals surface area (Å²) in [5, 5.41) is 9.87. The van der Waals surface area contributed by atoms with Crippen LogP contribution in [0.2, 0.25) is 0 Å². The van der Waals surface area contributed by atoms with E-state index in [2.05, 4.69) is 0 Å². The second-order valence-electron chi connectivity index (χ2n) is 5.56. The van der Waals surface area contributed by atoms with E-state index in [1.165, 1.54) is 19.1 Å². The Balaban J connectivity index is 2.55. The van der Waals surface area contributed by atoms with Gasteiger partial charge >= 0.3 is 5.97 Å². The first-order chi connectivity index (χ1) is 11.8. The highest BCUT2D eigenvalue weighted by molar-refractivity contribution is 7.90. The molecule has 0 fully saturated rings. The molecule has 0 aliphatic carbocycles. The predicted molar refractivity (Wildman–Crippen MR) is 96.5 cm³/mol. The Morgan fingerprint density at radius 3 is 2.00 bits per heavy atom. The number of esters is 1. The Hall–Kier alpha value is -2.44. The van der Waals surface area contributed by atoms with Gasteiger partial charge in [-0.15, -0.1) is 0 Å². The highest BCUT2D eigenvalue weighted by atomic mass is 32.2. The van der Waals surface area contributed by atoms with Gasteiger partial charge in [-0.2, -0.15) is 0 Å². The standard InChI is InChI=1S/C19H20O5S/c1-14(21)24-13-19(18(12-20)15-6-4-3-5-7-15)16-8-10-17(11-9-16)25(2,22)23/h3-11,20H,12-13H2,1-2H3/b19-18+. The summed E-state index contributed by atoms with van der Waals surface area (Å²) >= 11 is 0. The number of sulfone groups is 1. The smallest absolute Gasteiger partial charge is 0.302 e. The molecule has 2 aromatic rings. The summed E-state index contributed by atoms with van der Waals surface area (Å²) in [6.45, 7) is 1.05. The van der Waals surface area contributed by atoms with Crippen LogP contribution in [0.4, 0.5) is 0 Å². The molecule has 0 saturated carbocycles. The van der Waals surface area contributed by atoms with Gasteiger partial charge in [-0.05, 0) is 28.8 Å². The molecule has 0 aliphatic heterocycles. The molecule has 0 aromatic heterocycles. The molecule has 0 radical (unpaired) electrons.